The van der Waals surface area contributed by atoms with Crippen LogP contribution in [0.1, 0.15) is 15.9 Å². The second kappa shape index (κ2) is 7.59. The minimum atomic E-state index is -0.615. The molecule has 7 nitrogen and oxygen atoms in total. The Balaban J connectivity index is 2.18. The third kappa shape index (κ3) is 3.98. The predicted octanol–water partition coefficient (Wildman–Crippen LogP) is 2.65. The normalized spacial score (nSPS) is 10.2. The van der Waals surface area contributed by atoms with Gasteiger partial charge in [0.15, 0.2) is 11.5 Å². The topological polar surface area (TPSA) is 90.7 Å². The Bertz CT molecular complexity index is 700. The van der Waals surface area contributed by atoms with Crippen LogP contribution in [0.3, 0.4) is 0 Å². The number of nitro benzene ring substituents is 1. The molecule has 0 atom stereocenters. The van der Waals surface area contributed by atoms with E-state index in [1.165, 1.54) is 26.4 Å². The Morgan fingerprint density at radius 1 is 1.30 bits per heavy atom. The summed E-state index contributed by atoms with van der Waals surface area (Å²) in [4.78, 5) is 22.8. The molecule has 1 aromatic carbocycles. The molecular weight excluding hydrogens is 320 g/mol. The van der Waals surface area contributed by atoms with Gasteiger partial charge >= 0.3 is 0 Å². The lowest BCUT2D eigenvalue weighted by atomic mass is 10.1. The summed E-state index contributed by atoms with van der Waals surface area (Å²) in [7, 11) is 2.78. The van der Waals surface area contributed by atoms with Gasteiger partial charge in [0.25, 0.3) is 11.6 Å². The van der Waals surface area contributed by atoms with E-state index >= 15 is 0 Å². The molecule has 1 N–H and O–H groups in total. The second-order valence-corrected chi connectivity index (χ2v) is 5.40. The Morgan fingerprint density at radius 2 is 2.00 bits per heavy atom. The molecule has 1 aromatic heterocycles. The monoisotopic (exact) mass is 336 g/mol. The zero-order chi connectivity index (χ0) is 16.8. The van der Waals surface area contributed by atoms with Gasteiger partial charge in [-0.3, -0.25) is 14.9 Å². The quantitative estimate of drug-likeness (QED) is 0.620. The number of carbonyl (C=O) groups is 1. The summed E-state index contributed by atoms with van der Waals surface area (Å²) in [6, 6.07) is 4.47. The second-order valence-electron chi connectivity index (χ2n) is 4.62. The van der Waals surface area contributed by atoms with Crippen molar-refractivity contribution in [1.29, 1.82) is 0 Å². The van der Waals surface area contributed by atoms with E-state index in [2.05, 4.69) is 5.32 Å². The summed E-state index contributed by atoms with van der Waals surface area (Å²) in [5.41, 5.74) is 0.728. The number of nitro groups is 1. The van der Waals surface area contributed by atoms with Gasteiger partial charge in [0, 0.05) is 12.6 Å². The number of benzene rings is 1. The number of nitrogens with one attached hydrogen (secondary N) is 1. The number of amides is 1. The van der Waals surface area contributed by atoms with Crippen molar-refractivity contribution >= 4 is 22.9 Å². The van der Waals surface area contributed by atoms with Crippen molar-refractivity contribution in [2.45, 2.75) is 6.42 Å². The van der Waals surface area contributed by atoms with Gasteiger partial charge in [-0.25, -0.2) is 0 Å². The Kier molecular flexibility index (Phi) is 5.53. The molecule has 0 unspecified atom stereocenters. The van der Waals surface area contributed by atoms with E-state index in [0.717, 1.165) is 5.56 Å². The minimum Gasteiger partial charge on any atom is -0.493 e. The molecule has 0 aliphatic heterocycles. The summed E-state index contributed by atoms with van der Waals surface area (Å²) >= 11 is 1.58. The highest BCUT2D eigenvalue weighted by Gasteiger charge is 2.24. The Morgan fingerprint density at radius 3 is 2.57 bits per heavy atom. The molecule has 0 aliphatic rings. The maximum Gasteiger partial charge on any atom is 0.286 e. The Hall–Kier alpha value is -2.61. The molecule has 0 saturated heterocycles. The number of rotatable bonds is 7. The lowest BCUT2D eigenvalue weighted by Gasteiger charge is -2.10. The fourth-order valence-corrected chi connectivity index (χ4v) is 2.75. The number of methoxy groups -OCH3 is 2. The number of hydrogen-bond donors (Lipinski definition) is 1. The summed E-state index contributed by atoms with van der Waals surface area (Å²) < 4.78 is 10.1. The van der Waals surface area contributed by atoms with Crippen LogP contribution in [0, 0.1) is 10.1 Å². The highest BCUT2D eigenvalue weighted by atomic mass is 32.1. The zero-order valence-electron chi connectivity index (χ0n) is 12.7. The van der Waals surface area contributed by atoms with Crippen LogP contribution in [0.2, 0.25) is 0 Å². The molecule has 0 aliphatic carbocycles. The van der Waals surface area contributed by atoms with Gasteiger partial charge in [0.05, 0.1) is 25.2 Å². The molecule has 0 bridgehead atoms. The average molecular weight is 336 g/mol. The molecule has 0 radical (unpaired) electrons. The van der Waals surface area contributed by atoms with Crippen LogP contribution in [0.25, 0.3) is 0 Å². The maximum absolute atomic E-state index is 12.3. The lowest BCUT2D eigenvalue weighted by Crippen LogP contribution is -2.26. The molecule has 122 valence electrons. The summed E-state index contributed by atoms with van der Waals surface area (Å²) in [5, 5.41) is 17.8. The van der Waals surface area contributed by atoms with E-state index < -0.39 is 10.8 Å². The number of carbonyl (C=O) groups excluding carboxylic acids is 1. The van der Waals surface area contributed by atoms with Crippen molar-refractivity contribution in [3.8, 4) is 11.5 Å². The van der Waals surface area contributed by atoms with Crippen LogP contribution in [0.5, 0.6) is 11.5 Å². The van der Waals surface area contributed by atoms with Gasteiger partial charge in [0.1, 0.15) is 5.56 Å². The van der Waals surface area contributed by atoms with E-state index in [9.17, 15) is 14.9 Å². The zero-order valence-corrected chi connectivity index (χ0v) is 13.5. The molecule has 2 aromatic rings. The molecule has 8 heteroatoms. The van der Waals surface area contributed by atoms with Gasteiger partial charge in [-0.05, 0) is 28.8 Å². The van der Waals surface area contributed by atoms with Crippen LogP contribution in [0.4, 0.5) is 5.69 Å². The van der Waals surface area contributed by atoms with Crippen molar-refractivity contribution in [3.63, 3.8) is 0 Å². The molecule has 2 rings (SSSR count). The highest BCUT2D eigenvalue weighted by Crippen LogP contribution is 2.34. The van der Waals surface area contributed by atoms with Crippen LogP contribution >= 0.6 is 11.3 Å². The molecular formula is C15H16N2O5S. The molecule has 1 heterocycles. The third-order valence-electron chi connectivity index (χ3n) is 3.22. The van der Waals surface area contributed by atoms with Crippen LogP contribution in [-0.2, 0) is 6.42 Å². The summed E-state index contributed by atoms with van der Waals surface area (Å²) in [6.07, 6.45) is 0.663. The fraction of sp³-hybridized carbons (Fsp3) is 0.267. The molecule has 0 spiro atoms. The van der Waals surface area contributed by atoms with E-state index in [-0.39, 0.29) is 22.7 Å². The van der Waals surface area contributed by atoms with Crippen LogP contribution in [0.15, 0.2) is 29.0 Å². The van der Waals surface area contributed by atoms with Crippen LogP contribution < -0.4 is 14.8 Å². The van der Waals surface area contributed by atoms with Gasteiger partial charge < -0.3 is 14.8 Å². The minimum absolute atomic E-state index is 0.0574. The van der Waals surface area contributed by atoms with Crippen LogP contribution in [-0.4, -0.2) is 31.6 Å². The predicted molar refractivity (Wildman–Crippen MR) is 86.6 cm³/mol. The first kappa shape index (κ1) is 16.8. The van der Waals surface area contributed by atoms with Crippen molar-refractivity contribution in [1.82, 2.24) is 5.32 Å². The number of thiophene rings is 1. The number of nitrogens with zero attached hydrogens (tertiary/aromatic N) is 1. The first-order valence-corrected chi connectivity index (χ1v) is 7.70. The van der Waals surface area contributed by atoms with E-state index in [1.54, 1.807) is 11.3 Å². The molecule has 0 fully saturated rings. The van der Waals surface area contributed by atoms with Gasteiger partial charge in [-0.15, -0.1) is 0 Å². The highest BCUT2D eigenvalue weighted by molar-refractivity contribution is 7.07. The van der Waals surface area contributed by atoms with Crippen molar-refractivity contribution in [2.75, 3.05) is 20.8 Å². The SMILES string of the molecule is COc1cc(C(=O)NCCc2ccsc2)c([N+](=O)[O-])cc1OC. The third-order valence-corrected chi connectivity index (χ3v) is 3.95. The number of ether oxygens (including phenoxy) is 2. The van der Waals surface area contributed by atoms with Crippen molar-refractivity contribution in [2.24, 2.45) is 0 Å². The first-order valence-electron chi connectivity index (χ1n) is 6.76. The maximum atomic E-state index is 12.3. The summed E-state index contributed by atoms with van der Waals surface area (Å²) in [6.45, 7) is 0.390. The molecule has 23 heavy (non-hydrogen) atoms. The molecule has 1 amide bonds. The Labute approximate surface area is 137 Å². The van der Waals surface area contributed by atoms with E-state index in [1.807, 2.05) is 16.8 Å². The smallest absolute Gasteiger partial charge is 0.286 e. The van der Waals surface area contributed by atoms with Crippen molar-refractivity contribution in [3.05, 3.63) is 50.2 Å². The van der Waals surface area contributed by atoms with Gasteiger partial charge in [-0.1, -0.05) is 0 Å². The average Bonchev–Trinajstić information content (AvgIpc) is 3.06. The van der Waals surface area contributed by atoms with Gasteiger partial charge in [-0.2, -0.15) is 11.3 Å². The van der Waals surface area contributed by atoms with Gasteiger partial charge in [0.2, 0.25) is 0 Å². The fourth-order valence-electron chi connectivity index (χ4n) is 2.05. The van der Waals surface area contributed by atoms with E-state index in [4.69, 9.17) is 9.47 Å². The van der Waals surface area contributed by atoms with E-state index in [0.29, 0.717) is 13.0 Å². The lowest BCUT2D eigenvalue weighted by molar-refractivity contribution is -0.385. The largest absolute Gasteiger partial charge is 0.493 e. The standard InChI is InChI=1S/C15H16N2O5S/c1-21-13-7-11(12(17(19)20)8-14(13)22-2)15(18)16-5-3-10-4-6-23-9-10/h4,6-9H,3,5H2,1-2H3,(H,16,18). The van der Waals surface area contributed by atoms with Crippen molar-refractivity contribution < 1.29 is 19.2 Å². The molecule has 0 saturated carbocycles. The first-order chi connectivity index (χ1) is 11.1. The summed E-state index contributed by atoms with van der Waals surface area (Å²) in [5.74, 6) is -0.0528. The number of hydrogen-bond acceptors (Lipinski definition) is 6.